The Bertz CT molecular complexity index is 553. The highest BCUT2D eigenvalue weighted by Crippen LogP contribution is 2.23. The van der Waals surface area contributed by atoms with Crippen LogP contribution in [-0.2, 0) is 6.42 Å². The molecule has 2 rings (SSSR count). The average Bonchev–Trinajstić information content (AvgIpc) is 2.41. The van der Waals surface area contributed by atoms with Gasteiger partial charge in [-0.3, -0.25) is 0 Å². The molecule has 0 amide bonds. The van der Waals surface area contributed by atoms with E-state index in [0.29, 0.717) is 12.1 Å². The minimum Gasteiger partial charge on any atom is -0.307 e. The first-order valence-corrected chi connectivity index (χ1v) is 7.98. The maximum absolute atomic E-state index is 5.91. The van der Waals surface area contributed by atoms with Crippen molar-refractivity contribution in [2.45, 2.75) is 32.4 Å². The van der Waals surface area contributed by atoms with Crippen molar-refractivity contribution in [2.75, 3.05) is 0 Å². The van der Waals surface area contributed by atoms with Gasteiger partial charge in [0.2, 0.25) is 0 Å². The summed E-state index contributed by atoms with van der Waals surface area (Å²) in [5.74, 6) is 0. The van der Waals surface area contributed by atoms with Crippen molar-refractivity contribution in [1.82, 2.24) is 5.32 Å². The molecule has 0 bridgehead atoms. The molecule has 0 saturated heterocycles. The van der Waals surface area contributed by atoms with Crippen LogP contribution < -0.4 is 5.32 Å². The Hall–Kier alpha value is -0.830. The highest BCUT2D eigenvalue weighted by atomic mass is 79.9. The largest absolute Gasteiger partial charge is 0.307 e. The fourth-order valence-corrected chi connectivity index (χ4v) is 3.13. The third-order valence-corrected chi connectivity index (χ3v) is 4.34. The summed E-state index contributed by atoms with van der Waals surface area (Å²) < 4.78 is 1.15. The summed E-state index contributed by atoms with van der Waals surface area (Å²) in [5, 5.41) is 4.42. The van der Waals surface area contributed by atoms with Crippen LogP contribution in [0.4, 0.5) is 0 Å². The molecule has 0 fully saturated rings. The molecule has 3 heteroatoms. The van der Waals surface area contributed by atoms with E-state index in [1.54, 1.807) is 0 Å². The Morgan fingerprint density at radius 3 is 2.35 bits per heavy atom. The molecule has 0 aliphatic carbocycles. The van der Waals surface area contributed by atoms with Gasteiger partial charge >= 0.3 is 0 Å². The third kappa shape index (κ3) is 4.34. The zero-order valence-electron chi connectivity index (χ0n) is 11.7. The van der Waals surface area contributed by atoms with Crippen LogP contribution in [0.1, 0.15) is 31.0 Å². The molecule has 0 aromatic heterocycles. The zero-order chi connectivity index (χ0) is 14.5. The molecule has 1 nitrogen and oxygen atoms in total. The highest BCUT2D eigenvalue weighted by molar-refractivity contribution is 9.10. The van der Waals surface area contributed by atoms with Gasteiger partial charge in [0.1, 0.15) is 0 Å². The van der Waals surface area contributed by atoms with Gasteiger partial charge in [-0.2, -0.15) is 0 Å². The van der Waals surface area contributed by atoms with Crippen LogP contribution in [-0.4, -0.2) is 6.04 Å². The van der Waals surface area contributed by atoms with E-state index in [1.807, 2.05) is 18.2 Å². The van der Waals surface area contributed by atoms with Crippen LogP contribution >= 0.6 is 27.5 Å². The minimum absolute atomic E-state index is 0.313. The van der Waals surface area contributed by atoms with E-state index in [4.69, 9.17) is 11.6 Å². The van der Waals surface area contributed by atoms with Gasteiger partial charge in [-0.05, 0) is 49.6 Å². The molecule has 0 aliphatic heterocycles. The molecule has 1 unspecified atom stereocenters. The molecule has 0 heterocycles. The Morgan fingerprint density at radius 1 is 1.05 bits per heavy atom. The van der Waals surface area contributed by atoms with Crippen molar-refractivity contribution in [1.29, 1.82) is 0 Å². The zero-order valence-corrected chi connectivity index (χ0v) is 14.1. The number of nitrogens with one attached hydrogen (secondary N) is 1. The molecule has 0 spiro atoms. The molecule has 0 radical (unpaired) electrons. The Morgan fingerprint density at radius 2 is 1.70 bits per heavy atom. The summed E-state index contributed by atoms with van der Waals surface area (Å²) in [5.41, 5.74) is 2.59. The molecule has 106 valence electrons. The lowest BCUT2D eigenvalue weighted by Crippen LogP contribution is -2.30. The van der Waals surface area contributed by atoms with Crippen molar-refractivity contribution < 1.29 is 0 Å². The van der Waals surface area contributed by atoms with Gasteiger partial charge < -0.3 is 5.32 Å². The van der Waals surface area contributed by atoms with Gasteiger partial charge in [0.25, 0.3) is 0 Å². The van der Waals surface area contributed by atoms with E-state index in [0.717, 1.165) is 15.9 Å². The Labute approximate surface area is 134 Å². The fourth-order valence-electron chi connectivity index (χ4n) is 2.38. The van der Waals surface area contributed by atoms with E-state index in [2.05, 4.69) is 65.4 Å². The van der Waals surface area contributed by atoms with Gasteiger partial charge in [-0.1, -0.05) is 57.9 Å². The SMILES string of the molecule is CC(Cc1ccc(Cl)cc1)N[C@@H](C)c1ccccc1Br. The molecular weight excluding hydrogens is 334 g/mol. The van der Waals surface area contributed by atoms with Gasteiger partial charge in [0, 0.05) is 21.6 Å². The van der Waals surface area contributed by atoms with Crippen LogP contribution in [0.2, 0.25) is 5.02 Å². The summed E-state index contributed by atoms with van der Waals surface area (Å²) >= 11 is 9.52. The molecule has 2 aromatic rings. The quantitative estimate of drug-likeness (QED) is 0.761. The van der Waals surface area contributed by atoms with Crippen LogP contribution in [0.3, 0.4) is 0 Å². The first kappa shape index (κ1) is 15.6. The van der Waals surface area contributed by atoms with Crippen molar-refractivity contribution >= 4 is 27.5 Å². The highest BCUT2D eigenvalue weighted by Gasteiger charge is 2.12. The van der Waals surface area contributed by atoms with E-state index >= 15 is 0 Å². The van der Waals surface area contributed by atoms with Gasteiger partial charge in [-0.25, -0.2) is 0 Å². The topological polar surface area (TPSA) is 12.0 Å². The number of hydrogen-bond donors (Lipinski definition) is 1. The molecule has 0 saturated carbocycles. The summed E-state index contributed by atoms with van der Waals surface area (Å²) in [6.45, 7) is 4.40. The first-order chi connectivity index (χ1) is 9.56. The molecule has 0 aliphatic rings. The lowest BCUT2D eigenvalue weighted by molar-refractivity contribution is 0.476. The van der Waals surface area contributed by atoms with E-state index in [9.17, 15) is 0 Å². The maximum atomic E-state index is 5.91. The average molecular weight is 353 g/mol. The predicted molar refractivity (Wildman–Crippen MR) is 90.3 cm³/mol. The summed E-state index contributed by atoms with van der Waals surface area (Å²) in [4.78, 5) is 0. The van der Waals surface area contributed by atoms with E-state index in [1.165, 1.54) is 11.1 Å². The second-order valence-corrected chi connectivity index (χ2v) is 6.43. The third-order valence-electron chi connectivity index (χ3n) is 3.36. The molecular formula is C17H19BrClN. The monoisotopic (exact) mass is 351 g/mol. The number of rotatable bonds is 5. The molecule has 2 aromatic carbocycles. The molecule has 1 N–H and O–H groups in total. The number of hydrogen-bond acceptors (Lipinski definition) is 1. The Balaban J connectivity index is 1.96. The minimum atomic E-state index is 0.313. The van der Waals surface area contributed by atoms with Gasteiger partial charge in [0.05, 0.1) is 0 Å². The maximum Gasteiger partial charge on any atom is 0.0406 e. The molecule has 20 heavy (non-hydrogen) atoms. The normalized spacial score (nSPS) is 14.0. The molecule has 2 atom stereocenters. The van der Waals surface area contributed by atoms with Crippen LogP contribution in [0.5, 0.6) is 0 Å². The van der Waals surface area contributed by atoms with E-state index in [-0.39, 0.29) is 0 Å². The lowest BCUT2D eigenvalue weighted by atomic mass is 10.0. The van der Waals surface area contributed by atoms with Crippen molar-refractivity contribution in [3.8, 4) is 0 Å². The summed E-state index contributed by atoms with van der Waals surface area (Å²) in [6.07, 6.45) is 0.992. The first-order valence-electron chi connectivity index (χ1n) is 6.81. The second-order valence-electron chi connectivity index (χ2n) is 5.14. The fraction of sp³-hybridized carbons (Fsp3) is 0.294. The van der Waals surface area contributed by atoms with Crippen LogP contribution in [0, 0.1) is 0 Å². The predicted octanol–water partition coefficient (Wildman–Crippen LogP) is 5.38. The van der Waals surface area contributed by atoms with Crippen molar-refractivity contribution in [3.05, 3.63) is 69.2 Å². The van der Waals surface area contributed by atoms with Crippen LogP contribution in [0.15, 0.2) is 53.0 Å². The van der Waals surface area contributed by atoms with Crippen molar-refractivity contribution in [3.63, 3.8) is 0 Å². The summed E-state index contributed by atoms with van der Waals surface area (Å²) in [6, 6.07) is 17.1. The second kappa shape index (κ2) is 7.26. The van der Waals surface area contributed by atoms with E-state index < -0.39 is 0 Å². The van der Waals surface area contributed by atoms with Crippen LogP contribution in [0.25, 0.3) is 0 Å². The number of halogens is 2. The van der Waals surface area contributed by atoms with Gasteiger partial charge in [0.15, 0.2) is 0 Å². The van der Waals surface area contributed by atoms with Gasteiger partial charge in [-0.15, -0.1) is 0 Å². The Kier molecular flexibility index (Phi) is 5.64. The standard InChI is InChI=1S/C17H19BrClN/c1-12(11-14-7-9-15(19)10-8-14)20-13(2)16-5-3-4-6-17(16)18/h3-10,12-13,20H,11H2,1-2H3/t12?,13-/m0/s1. The van der Waals surface area contributed by atoms with Crippen molar-refractivity contribution in [2.24, 2.45) is 0 Å². The lowest BCUT2D eigenvalue weighted by Gasteiger charge is -2.21. The number of benzene rings is 2. The smallest absolute Gasteiger partial charge is 0.0406 e. The summed E-state index contributed by atoms with van der Waals surface area (Å²) in [7, 11) is 0.